The second-order valence-corrected chi connectivity index (χ2v) is 5.19. The van der Waals surface area contributed by atoms with Crippen molar-refractivity contribution in [2.75, 3.05) is 6.26 Å². The van der Waals surface area contributed by atoms with Gasteiger partial charge in [0, 0.05) is 12.4 Å². The van der Waals surface area contributed by atoms with Crippen molar-refractivity contribution in [2.24, 2.45) is 0 Å². The average molecular weight is 243 g/mol. The molecule has 1 aromatic heterocycles. The molecule has 0 amide bonds. The van der Waals surface area contributed by atoms with E-state index in [2.05, 4.69) is 9.71 Å². The molecule has 16 heavy (non-hydrogen) atoms. The van der Waals surface area contributed by atoms with Crippen LogP contribution in [0.15, 0.2) is 18.5 Å². The monoisotopic (exact) mass is 243 g/mol. The smallest absolute Gasteiger partial charge is 0.209 e. The number of aromatic nitrogens is 1. The van der Waals surface area contributed by atoms with Crippen molar-refractivity contribution >= 4 is 10.0 Å². The second-order valence-electron chi connectivity index (χ2n) is 3.45. The van der Waals surface area contributed by atoms with Gasteiger partial charge in [-0.15, -0.1) is 0 Å². The molecule has 2 N–H and O–H groups in total. The van der Waals surface area contributed by atoms with Gasteiger partial charge in [-0.1, -0.05) is 6.92 Å². The Labute approximate surface area is 95.6 Å². The first-order chi connectivity index (χ1) is 7.46. The number of nitrogens with one attached hydrogen (secondary N) is 1. The van der Waals surface area contributed by atoms with E-state index in [-0.39, 0.29) is 6.61 Å². The highest BCUT2D eigenvalue weighted by Crippen LogP contribution is 2.16. The van der Waals surface area contributed by atoms with Gasteiger partial charge in [0.15, 0.2) is 0 Å². The van der Waals surface area contributed by atoms with Crippen LogP contribution in [0.5, 0.6) is 0 Å². The van der Waals surface area contributed by atoms with Crippen LogP contribution >= 0.6 is 0 Å². The molecule has 5 nitrogen and oxygen atoms in total. The van der Waals surface area contributed by atoms with Gasteiger partial charge in [-0.2, -0.15) is 0 Å². The molecular weight excluding hydrogens is 228 g/mol. The Bertz CT molecular complexity index is 445. The summed E-state index contributed by atoms with van der Waals surface area (Å²) in [6, 6.07) is 2.29. The minimum Gasteiger partial charge on any atom is -0.392 e. The van der Waals surface area contributed by atoms with Crippen LogP contribution in [0.25, 0.3) is 0 Å². The minimum atomic E-state index is -3.28. The van der Waals surface area contributed by atoms with Crippen LogP contribution in [0.4, 0.5) is 0 Å². The summed E-state index contributed by atoms with van der Waals surface area (Å²) >= 11 is 0. The van der Waals surface area contributed by atoms with Gasteiger partial charge in [0.25, 0.3) is 0 Å². The zero-order valence-electron chi connectivity index (χ0n) is 9.27. The maximum absolute atomic E-state index is 11.1. The van der Waals surface area contributed by atoms with Gasteiger partial charge in [0.05, 0.1) is 18.9 Å². The maximum atomic E-state index is 11.1. The van der Waals surface area contributed by atoms with E-state index in [1.165, 1.54) is 6.20 Å². The SMILES string of the molecule is CC[C](NS(C)(=O)=O)c1cncc(CO)c1. The molecule has 1 aromatic rings. The lowest BCUT2D eigenvalue weighted by Crippen LogP contribution is -2.27. The summed E-state index contributed by atoms with van der Waals surface area (Å²) < 4.78 is 24.7. The number of hydrogen-bond acceptors (Lipinski definition) is 4. The Morgan fingerprint density at radius 1 is 1.50 bits per heavy atom. The quantitative estimate of drug-likeness (QED) is 0.785. The molecule has 89 valence electrons. The first-order valence-corrected chi connectivity index (χ1v) is 6.74. The summed E-state index contributed by atoms with van der Waals surface area (Å²) in [5.74, 6) is 0. The normalized spacial score (nSPS) is 12.0. The summed E-state index contributed by atoms with van der Waals surface area (Å²) in [4.78, 5) is 3.94. The molecule has 6 heteroatoms. The van der Waals surface area contributed by atoms with Crippen LogP contribution in [0.1, 0.15) is 24.5 Å². The van der Waals surface area contributed by atoms with Crippen molar-refractivity contribution in [1.29, 1.82) is 0 Å². The zero-order valence-corrected chi connectivity index (χ0v) is 10.1. The van der Waals surface area contributed by atoms with E-state index in [0.29, 0.717) is 23.6 Å². The highest BCUT2D eigenvalue weighted by atomic mass is 32.2. The third kappa shape index (κ3) is 3.88. The molecule has 0 aromatic carbocycles. The van der Waals surface area contributed by atoms with E-state index in [0.717, 1.165) is 6.26 Å². The Kier molecular flexibility index (Phi) is 4.40. The molecule has 0 fully saturated rings. The lowest BCUT2D eigenvalue weighted by molar-refractivity contribution is 0.281. The molecule has 0 atom stereocenters. The van der Waals surface area contributed by atoms with Crippen molar-refractivity contribution in [3.05, 3.63) is 35.6 Å². The summed E-state index contributed by atoms with van der Waals surface area (Å²) in [5, 5.41) is 8.96. The molecule has 0 aliphatic carbocycles. The van der Waals surface area contributed by atoms with Crippen LogP contribution in [-0.2, 0) is 16.6 Å². The Hall–Kier alpha value is -0.980. The van der Waals surface area contributed by atoms with Crippen molar-refractivity contribution in [3.63, 3.8) is 0 Å². The van der Waals surface area contributed by atoms with Gasteiger partial charge in [-0.05, 0) is 23.6 Å². The summed E-state index contributed by atoms with van der Waals surface area (Å²) in [6.45, 7) is 1.73. The fourth-order valence-corrected chi connectivity index (χ4v) is 2.01. The minimum absolute atomic E-state index is 0.114. The molecule has 0 saturated heterocycles. The molecule has 1 heterocycles. The van der Waals surface area contributed by atoms with E-state index >= 15 is 0 Å². The highest BCUT2D eigenvalue weighted by molar-refractivity contribution is 7.88. The second kappa shape index (κ2) is 5.38. The van der Waals surface area contributed by atoms with E-state index in [1.54, 1.807) is 12.3 Å². The number of rotatable bonds is 5. The fourth-order valence-electron chi connectivity index (χ4n) is 1.30. The number of aliphatic hydroxyl groups excluding tert-OH is 1. The van der Waals surface area contributed by atoms with Crippen LogP contribution in [-0.4, -0.2) is 24.8 Å². The topological polar surface area (TPSA) is 79.3 Å². The zero-order chi connectivity index (χ0) is 12.2. The van der Waals surface area contributed by atoms with E-state index in [4.69, 9.17) is 5.11 Å². The van der Waals surface area contributed by atoms with Gasteiger partial charge in [-0.25, -0.2) is 13.1 Å². The number of nitrogens with zero attached hydrogens (tertiary/aromatic N) is 1. The van der Waals surface area contributed by atoms with Crippen molar-refractivity contribution in [2.45, 2.75) is 20.0 Å². The predicted molar refractivity (Wildman–Crippen MR) is 60.8 cm³/mol. The van der Waals surface area contributed by atoms with E-state index in [9.17, 15) is 8.42 Å². The fraction of sp³-hybridized carbons (Fsp3) is 0.400. The first-order valence-electron chi connectivity index (χ1n) is 4.85. The standard InChI is InChI=1S/C10H15N2O3S/c1-3-10(12-16(2,14)15)9-4-8(7-13)5-11-6-9/h4-6,12-13H,3,7H2,1-2H3. The van der Waals surface area contributed by atoms with Crippen LogP contribution in [0.2, 0.25) is 0 Å². The Balaban J connectivity index is 2.94. The van der Waals surface area contributed by atoms with Gasteiger partial charge in [0.2, 0.25) is 10.0 Å². The number of hydrogen-bond donors (Lipinski definition) is 2. The summed E-state index contributed by atoms with van der Waals surface area (Å²) in [6.07, 6.45) is 4.75. The van der Waals surface area contributed by atoms with E-state index < -0.39 is 10.0 Å². The van der Waals surface area contributed by atoms with Crippen LogP contribution in [0.3, 0.4) is 0 Å². The Morgan fingerprint density at radius 3 is 2.69 bits per heavy atom. The van der Waals surface area contributed by atoms with Crippen molar-refractivity contribution in [3.8, 4) is 0 Å². The predicted octanol–water partition coefficient (Wildman–Crippen LogP) is 0.413. The van der Waals surface area contributed by atoms with Crippen molar-refractivity contribution in [1.82, 2.24) is 9.71 Å². The number of pyridine rings is 1. The molecule has 0 bridgehead atoms. The summed E-state index contributed by atoms with van der Waals surface area (Å²) in [7, 11) is -3.28. The van der Waals surface area contributed by atoms with Gasteiger partial charge in [-0.3, -0.25) is 4.98 Å². The largest absolute Gasteiger partial charge is 0.392 e. The van der Waals surface area contributed by atoms with Gasteiger partial charge in [0.1, 0.15) is 0 Å². The third-order valence-electron chi connectivity index (χ3n) is 1.99. The number of aliphatic hydroxyl groups is 1. The van der Waals surface area contributed by atoms with E-state index in [1.807, 2.05) is 6.92 Å². The van der Waals surface area contributed by atoms with Crippen molar-refractivity contribution < 1.29 is 13.5 Å². The maximum Gasteiger partial charge on any atom is 0.209 e. The molecule has 0 spiro atoms. The molecule has 0 aliphatic rings. The van der Waals surface area contributed by atoms with Gasteiger partial charge >= 0.3 is 0 Å². The lowest BCUT2D eigenvalue weighted by atomic mass is 10.1. The molecular formula is C10H15N2O3S. The first kappa shape index (κ1) is 13.1. The third-order valence-corrected chi connectivity index (χ3v) is 2.61. The molecule has 0 unspecified atom stereocenters. The molecule has 0 aliphatic heterocycles. The Morgan fingerprint density at radius 2 is 2.19 bits per heavy atom. The van der Waals surface area contributed by atoms with Gasteiger partial charge < -0.3 is 5.11 Å². The summed E-state index contributed by atoms with van der Waals surface area (Å²) in [5.41, 5.74) is 1.33. The van der Waals surface area contributed by atoms with Crippen LogP contribution < -0.4 is 4.72 Å². The average Bonchev–Trinajstić information content (AvgIpc) is 2.25. The van der Waals surface area contributed by atoms with Crippen LogP contribution in [0, 0.1) is 6.04 Å². The molecule has 0 saturated carbocycles. The number of sulfonamides is 1. The lowest BCUT2D eigenvalue weighted by Gasteiger charge is -2.14. The molecule has 1 radical (unpaired) electrons. The molecule has 1 rings (SSSR count). The highest BCUT2D eigenvalue weighted by Gasteiger charge is 2.15.